The highest BCUT2D eigenvalue weighted by Gasteiger charge is 2.63. The maximum absolute atomic E-state index is 12.4. The summed E-state index contributed by atoms with van der Waals surface area (Å²) in [6.07, 6.45) is 6.91. The summed E-state index contributed by atoms with van der Waals surface area (Å²) in [6.45, 7) is 6.28. The second-order valence-corrected chi connectivity index (χ2v) is 8.16. The minimum absolute atomic E-state index is 0.131. The zero-order valence-electron chi connectivity index (χ0n) is 16.1. The van der Waals surface area contributed by atoms with E-state index in [4.69, 9.17) is 4.74 Å². The number of hydrogen-bond acceptors (Lipinski definition) is 7. The quantitative estimate of drug-likeness (QED) is 0.854. The summed E-state index contributed by atoms with van der Waals surface area (Å²) in [7, 11) is 0. The summed E-state index contributed by atoms with van der Waals surface area (Å²) < 4.78 is 6.47. The molecule has 0 saturated carbocycles. The van der Waals surface area contributed by atoms with Crippen LogP contribution in [0.1, 0.15) is 34.7 Å². The van der Waals surface area contributed by atoms with E-state index in [1.165, 1.54) is 12.4 Å². The molecule has 0 radical (unpaired) electrons. The molecule has 28 heavy (non-hydrogen) atoms. The van der Waals surface area contributed by atoms with Gasteiger partial charge in [-0.05, 0) is 32.8 Å². The Morgan fingerprint density at radius 1 is 1.32 bits per heavy atom. The van der Waals surface area contributed by atoms with Gasteiger partial charge in [0.1, 0.15) is 5.69 Å². The lowest BCUT2D eigenvalue weighted by molar-refractivity contribution is 0.0141. The second kappa shape index (κ2) is 6.48. The van der Waals surface area contributed by atoms with E-state index in [0.29, 0.717) is 24.1 Å². The van der Waals surface area contributed by atoms with Crippen LogP contribution in [0.5, 0.6) is 0 Å². The van der Waals surface area contributed by atoms with Crippen LogP contribution in [0.4, 0.5) is 5.95 Å². The molecular weight excluding hydrogens is 356 g/mol. The number of hydrogen-bond donors (Lipinski definition) is 1. The molecule has 3 fully saturated rings. The van der Waals surface area contributed by atoms with Gasteiger partial charge in [0.2, 0.25) is 5.95 Å². The van der Waals surface area contributed by atoms with Gasteiger partial charge in [0, 0.05) is 48.7 Å². The highest BCUT2D eigenvalue weighted by Crippen LogP contribution is 2.54. The number of fused-ring (bicyclic) bond motifs is 1. The van der Waals surface area contributed by atoms with E-state index in [1.807, 2.05) is 19.9 Å². The second-order valence-electron chi connectivity index (χ2n) is 8.16. The first kappa shape index (κ1) is 17.5. The Hall–Kier alpha value is -2.61. The van der Waals surface area contributed by atoms with Crippen LogP contribution in [-0.2, 0) is 4.74 Å². The Morgan fingerprint density at radius 3 is 2.89 bits per heavy atom. The number of carbonyl (C=O) groups excluding carboxylic acids is 1. The monoisotopic (exact) mass is 380 g/mol. The number of ether oxygens (including phenoxy) is 1. The standard InChI is InChI=1S/C20H24N6O2/c1-12-7-13(2)25-19(24-12)26-10-15-14(17-3-4-20(15,11-26)28-17)8-23-18(27)16-9-21-5-6-22-16/h5-7,9,14-15,17H,3-4,8,10-11H2,1-2H3,(H,23,27)/t14-,15+,17+,20+/m0/s1. The van der Waals surface area contributed by atoms with Crippen molar-refractivity contribution in [3.63, 3.8) is 0 Å². The van der Waals surface area contributed by atoms with E-state index < -0.39 is 0 Å². The third kappa shape index (κ3) is 2.83. The molecule has 3 aliphatic rings. The smallest absolute Gasteiger partial charge is 0.271 e. The fourth-order valence-corrected chi connectivity index (χ4v) is 5.18. The fourth-order valence-electron chi connectivity index (χ4n) is 5.18. The molecule has 146 valence electrons. The lowest BCUT2D eigenvalue weighted by Gasteiger charge is -2.29. The summed E-state index contributed by atoms with van der Waals surface area (Å²) >= 11 is 0. The molecule has 8 heteroatoms. The van der Waals surface area contributed by atoms with E-state index in [1.54, 1.807) is 6.20 Å². The SMILES string of the molecule is Cc1cc(C)nc(N2C[C@@H]3[C@H](CNC(=O)c4cnccn4)[C@H]4CC[C@]3(C2)O4)n1. The summed E-state index contributed by atoms with van der Waals surface area (Å²) in [6, 6.07) is 1.99. The van der Waals surface area contributed by atoms with Crippen LogP contribution in [0.3, 0.4) is 0 Å². The highest BCUT2D eigenvalue weighted by atomic mass is 16.5. The molecule has 3 aliphatic heterocycles. The third-order valence-corrected chi connectivity index (χ3v) is 6.33. The van der Waals surface area contributed by atoms with Gasteiger partial charge in [-0.2, -0.15) is 0 Å². The Morgan fingerprint density at radius 2 is 2.14 bits per heavy atom. The van der Waals surface area contributed by atoms with Crippen LogP contribution >= 0.6 is 0 Å². The number of nitrogens with zero attached hydrogens (tertiary/aromatic N) is 5. The van der Waals surface area contributed by atoms with Crippen molar-refractivity contribution in [2.45, 2.75) is 38.4 Å². The zero-order valence-corrected chi connectivity index (χ0v) is 16.1. The lowest BCUT2D eigenvalue weighted by atomic mass is 9.73. The van der Waals surface area contributed by atoms with E-state index in [0.717, 1.165) is 43.3 Å². The van der Waals surface area contributed by atoms with Gasteiger partial charge in [-0.25, -0.2) is 15.0 Å². The molecular formula is C20H24N6O2. The molecule has 2 aromatic heterocycles. The first-order valence-electron chi connectivity index (χ1n) is 9.83. The van der Waals surface area contributed by atoms with E-state index in [2.05, 4.69) is 30.2 Å². The number of nitrogens with one attached hydrogen (secondary N) is 1. The predicted octanol–water partition coefficient (Wildman–Crippen LogP) is 1.30. The summed E-state index contributed by atoms with van der Waals surface area (Å²) in [4.78, 5) is 31.9. The van der Waals surface area contributed by atoms with Crippen molar-refractivity contribution in [1.29, 1.82) is 0 Å². The molecule has 8 nitrogen and oxygen atoms in total. The minimum atomic E-state index is -0.183. The number of anilines is 1. The van der Waals surface area contributed by atoms with Crippen molar-refractivity contribution in [3.8, 4) is 0 Å². The zero-order chi connectivity index (χ0) is 19.3. The van der Waals surface area contributed by atoms with Gasteiger partial charge in [-0.1, -0.05) is 0 Å². The van der Waals surface area contributed by atoms with Gasteiger partial charge in [0.15, 0.2) is 0 Å². The Balaban J connectivity index is 1.31. The number of amides is 1. The third-order valence-electron chi connectivity index (χ3n) is 6.33. The highest BCUT2D eigenvalue weighted by molar-refractivity contribution is 5.91. The van der Waals surface area contributed by atoms with Crippen molar-refractivity contribution in [1.82, 2.24) is 25.3 Å². The van der Waals surface area contributed by atoms with Crippen LogP contribution in [0.15, 0.2) is 24.7 Å². The molecule has 1 N–H and O–H groups in total. The van der Waals surface area contributed by atoms with Gasteiger partial charge in [0.25, 0.3) is 5.91 Å². The molecule has 1 spiro atoms. The molecule has 0 aromatic carbocycles. The Labute approximate surface area is 163 Å². The van der Waals surface area contributed by atoms with Crippen LogP contribution in [0.25, 0.3) is 0 Å². The maximum Gasteiger partial charge on any atom is 0.271 e. The van der Waals surface area contributed by atoms with E-state index in [9.17, 15) is 4.79 Å². The summed E-state index contributed by atoms with van der Waals surface area (Å²) in [5, 5.41) is 3.04. The van der Waals surface area contributed by atoms with Crippen molar-refractivity contribution < 1.29 is 9.53 Å². The van der Waals surface area contributed by atoms with E-state index in [-0.39, 0.29) is 17.6 Å². The molecule has 0 unspecified atom stereocenters. The summed E-state index contributed by atoms with van der Waals surface area (Å²) in [5.41, 5.74) is 2.18. The molecule has 2 bridgehead atoms. The van der Waals surface area contributed by atoms with E-state index >= 15 is 0 Å². The predicted molar refractivity (Wildman–Crippen MR) is 102 cm³/mol. The molecule has 2 aromatic rings. The number of aromatic nitrogens is 4. The average molecular weight is 380 g/mol. The Kier molecular flexibility index (Phi) is 4.04. The van der Waals surface area contributed by atoms with Crippen LogP contribution in [-0.4, -0.2) is 57.2 Å². The maximum atomic E-state index is 12.4. The van der Waals surface area contributed by atoms with Crippen LogP contribution < -0.4 is 10.2 Å². The summed E-state index contributed by atoms with van der Waals surface area (Å²) in [5.74, 6) is 1.27. The van der Waals surface area contributed by atoms with Crippen LogP contribution in [0.2, 0.25) is 0 Å². The first-order valence-corrected chi connectivity index (χ1v) is 9.83. The van der Waals surface area contributed by atoms with Crippen LogP contribution in [0, 0.1) is 25.7 Å². The molecule has 4 atom stereocenters. The number of carbonyl (C=O) groups is 1. The van der Waals surface area contributed by atoms with Gasteiger partial charge < -0.3 is 15.0 Å². The molecule has 5 rings (SSSR count). The van der Waals surface area contributed by atoms with Crippen molar-refractivity contribution in [3.05, 3.63) is 41.7 Å². The molecule has 1 amide bonds. The van der Waals surface area contributed by atoms with Crippen molar-refractivity contribution >= 4 is 11.9 Å². The first-order chi connectivity index (χ1) is 13.5. The largest absolute Gasteiger partial charge is 0.369 e. The topological polar surface area (TPSA) is 93.1 Å². The lowest BCUT2D eigenvalue weighted by Crippen LogP contribution is -2.42. The van der Waals surface area contributed by atoms with Gasteiger partial charge in [-0.3, -0.25) is 9.78 Å². The van der Waals surface area contributed by atoms with Gasteiger partial charge in [-0.15, -0.1) is 0 Å². The van der Waals surface area contributed by atoms with Gasteiger partial charge in [0.05, 0.1) is 24.4 Å². The molecule has 5 heterocycles. The van der Waals surface area contributed by atoms with Crippen molar-refractivity contribution in [2.75, 3.05) is 24.5 Å². The number of aryl methyl sites for hydroxylation is 2. The molecule has 3 saturated heterocycles. The molecule has 0 aliphatic carbocycles. The minimum Gasteiger partial charge on any atom is -0.369 e. The normalized spacial score (nSPS) is 30.5. The van der Waals surface area contributed by atoms with Crippen molar-refractivity contribution in [2.24, 2.45) is 11.8 Å². The number of rotatable bonds is 4. The Bertz CT molecular complexity index is 887. The average Bonchev–Trinajstić information content (AvgIpc) is 3.34. The van der Waals surface area contributed by atoms with Gasteiger partial charge >= 0.3 is 0 Å². The fraction of sp³-hybridized carbons (Fsp3) is 0.550.